The Balaban J connectivity index is 1.75. The van der Waals surface area contributed by atoms with Crippen LogP contribution in [-0.2, 0) is 9.53 Å². The first-order chi connectivity index (χ1) is 9.68. The van der Waals surface area contributed by atoms with Crippen molar-refractivity contribution in [1.29, 1.82) is 0 Å². The third-order valence-electron chi connectivity index (χ3n) is 3.12. The first kappa shape index (κ1) is 14.7. The number of ether oxygens (including phenoxy) is 2. The number of amides is 1. The molecule has 1 N–H and O–H groups in total. The number of hydrogen-bond acceptors (Lipinski definition) is 4. The van der Waals surface area contributed by atoms with Crippen LogP contribution in [0.3, 0.4) is 0 Å². The fourth-order valence-corrected chi connectivity index (χ4v) is 1.95. The van der Waals surface area contributed by atoms with Gasteiger partial charge in [-0.25, -0.2) is 4.39 Å². The summed E-state index contributed by atoms with van der Waals surface area (Å²) in [6.07, 6.45) is 0. The standard InChI is InChI=1S/C14H19FN2O3/c1-17(14(18)12-10-19-8-6-16-12)7-9-20-13-5-3-2-4-11(13)15/h2-5,12,16H,6-10H2,1H3/t12-/m0/s1. The lowest BCUT2D eigenvalue weighted by Crippen LogP contribution is -2.52. The highest BCUT2D eigenvalue weighted by Crippen LogP contribution is 2.15. The predicted molar refractivity (Wildman–Crippen MR) is 72.1 cm³/mol. The molecule has 1 amide bonds. The number of carbonyl (C=O) groups excluding carboxylic acids is 1. The van der Waals surface area contributed by atoms with Crippen LogP contribution in [0.5, 0.6) is 5.75 Å². The molecule has 0 aliphatic carbocycles. The lowest BCUT2D eigenvalue weighted by atomic mass is 10.2. The molecule has 1 heterocycles. The molecule has 1 aromatic rings. The minimum Gasteiger partial charge on any atom is -0.489 e. The molecule has 0 radical (unpaired) electrons. The van der Waals surface area contributed by atoms with Gasteiger partial charge in [0.1, 0.15) is 12.6 Å². The van der Waals surface area contributed by atoms with Gasteiger partial charge >= 0.3 is 0 Å². The molecule has 1 saturated heterocycles. The summed E-state index contributed by atoms with van der Waals surface area (Å²) in [5.74, 6) is -0.238. The maximum Gasteiger partial charge on any atom is 0.241 e. The molecule has 0 unspecified atom stereocenters. The molecule has 6 heteroatoms. The number of hydrogen-bond donors (Lipinski definition) is 1. The van der Waals surface area contributed by atoms with Gasteiger partial charge in [-0.15, -0.1) is 0 Å². The third-order valence-corrected chi connectivity index (χ3v) is 3.12. The van der Waals surface area contributed by atoms with Gasteiger partial charge in [0.25, 0.3) is 0 Å². The van der Waals surface area contributed by atoms with E-state index in [-0.39, 0.29) is 24.3 Å². The van der Waals surface area contributed by atoms with Crippen molar-refractivity contribution in [3.05, 3.63) is 30.1 Å². The van der Waals surface area contributed by atoms with E-state index in [0.29, 0.717) is 26.3 Å². The molecule has 20 heavy (non-hydrogen) atoms. The molecule has 1 fully saturated rings. The summed E-state index contributed by atoms with van der Waals surface area (Å²) >= 11 is 0. The number of morpholine rings is 1. The Labute approximate surface area is 117 Å². The molecular formula is C14H19FN2O3. The van der Waals surface area contributed by atoms with Crippen molar-refractivity contribution in [2.24, 2.45) is 0 Å². The highest BCUT2D eigenvalue weighted by Gasteiger charge is 2.24. The van der Waals surface area contributed by atoms with Gasteiger partial charge in [0.2, 0.25) is 5.91 Å². The lowest BCUT2D eigenvalue weighted by molar-refractivity contribution is -0.135. The van der Waals surface area contributed by atoms with E-state index < -0.39 is 5.82 Å². The Hall–Kier alpha value is -1.66. The molecule has 0 bridgehead atoms. The van der Waals surface area contributed by atoms with Crippen LogP contribution in [0, 0.1) is 5.82 Å². The Kier molecular flexibility index (Phi) is 5.31. The van der Waals surface area contributed by atoms with Crippen LogP contribution in [0.1, 0.15) is 0 Å². The van der Waals surface area contributed by atoms with Crippen LogP contribution in [0.25, 0.3) is 0 Å². The van der Waals surface area contributed by atoms with Crippen molar-refractivity contribution in [2.75, 3.05) is 40.0 Å². The Morgan fingerprint density at radius 2 is 2.35 bits per heavy atom. The van der Waals surface area contributed by atoms with Gasteiger partial charge in [-0.05, 0) is 12.1 Å². The molecular weight excluding hydrogens is 263 g/mol. The average molecular weight is 282 g/mol. The summed E-state index contributed by atoms with van der Waals surface area (Å²) in [7, 11) is 1.70. The van der Waals surface area contributed by atoms with Crippen LogP contribution in [0.15, 0.2) is 24.3 Å². The highest BCUT2D eigenvalue weighted by atomic mass is 19.1. The minimum absolute atomic E-state index is 0.0400. The smallest absolute Gasteiger partial charge is 0.241 e. The molecule has 110 valence electrons. The van der Waals surface area contributed by atoms with Crippen LogP contribution in [0.2, 0.25) is 0 Å². The molecule has 0 aromatic heterocycles. The van der Waals surface area contributed by atoms with Gasteiger partial charge in [0.05, 0.1) is 19.8 Å². The molecule has 1 aliphatic heterocycles. The Morgan fingerprint density at radius 1 is 1.55 bits per heavy atom. The van der Waals surface area contributed by atoms with Crippen molar-refractivity contribution < 1.29 is 18.7 Å². The molecule has 5 nitrogen and oxygen atoms in total. The highest BCUT2D eigenvalue weighted by molar-refractivity contribution is 5.81. The lowest BCUT2D eigenvalue weighted by Gasteiger charge is -2.27. The number of rotatable bonds is 5. The van der Waals surface area contributed by atoms with E-state index in [0.717, 1.165) is 0 Å². The van der Waals surface area contributed by atoms with Crippen molar-refractivity contribution in [2.45, 2.75) is 6.04 Å². The maximum atomic E-state index is 13.3. The molecule has 1 aromatic carbocycles. The fourth-order valence-electron chi connectivity index (χ4n) is 1.95. The van der Waals surface area contributed by atoms with Crippen molar-refractivity contribution in [3.63, 3.8) is 0 Å². The van der Waals surface area contributed by atoms with Crippen molar-refractivity contribution in [1.82, 2.24) is 10.2 Å². The number of benzene rings is 1. The monoisotopic (exact) mass is 282 g/mol. The second kappa shape index (κ2) is 7.21. The normalized spacial score (nSPS) is 18.6. The first-order valence-corrected chi connectivity index (χ1v) is 6.62. The summed E-state index contributed by atoms with van der Waals surface area (Å²) in [4.78, 5) is 13.6. The van der Waals surface area contributed by atoms with Crippen molar-refractivity contribution in [3.8, 4) is 5.75 Å². The summed E-state index contributed by atoms with van der Waals surface area (Å²) in [5, 5.41) is 3.10. The van der Waals surface area contributed by atoms with Gasteiger partial charge in [-0.2, -0.15) is 0 Å². The van der Waals surface area contributed by atoms with E-state index in [1.54, 1.807) is 30.1 Å². The summed E-state index contributed by atoms with van der Waals surface area (Å²) in [5.41, 5.74) is 0. The van der Waals surface area contributed by atoms with E-state index >= 15 is 0 Å². The quantitative estimate of drug-likeness (QED) is 0.861. The van der Waals surface area contributed by atoms with E-state index in [2.05, 4.69) is 5.32 Å². The molecule has 2 rings (SSSR count). The maximum absolute atomic E-state index is 13.3. The number of para-hydroxylation sites is 1. The van der Waals surface area contributed by atoms with E-state index in [9.17, 15) is 9.18 Å². The predicted octanol–water partition coefficient (Wildman–Crippen LogP) is 0.651. The van der Waals surface area contributed by atoms with Gasteiger partial charge < -0.3 is 19.7 Å². The zero-order valence-electron chi connectivity index (χ0n) is 11.5. The van der Waals surface area contributed by atoms with Gasteiger partial charge in [-0.3, -0.25) is 4.79 Å². The van der Waals surface area contributed by atoms with Gasteiger partial charge in [0.15, 0.2) is 11.6 Å². The topological polar surface area (TPSA) is 50.8 Å². The molecule has 1 atom stereocenters. The van der Waals surface area contributed by atoms with Crippen LogP contribution < -0.4 is 10.1 Å². The molecule has 1 aliphatic rings. The van der Waals surface area contributed by atoms with E-state index in [4.69, 9.17) is 9.47 Å². The zero-order chi connectivity index (χ0) is 14.4. The van der Waals surface area contributed by atoms with Crippen LogP contribution in [-0.4, -0.2) is 56.8 Å². The number of nitrogens with one attached hydrogen (secondary N) is 1. The number of carbonyl (C=O) groups is 1. The van der Waals surface area contributed by atoms with Crippen molar-refractivity contribution >= 4 is 5.91 Å². The number of likely N-dealkylation sites (N-methyl/N-ethyl adjacent to an activating group) is 1. The second-order valence-electron chi connectivity index (χ2n) is 4.62. The zero-order valence-corrected chi connectivity index (χ0v) is 11.5. The first-order valence-electron chi connectivity index (χ1n) is 6.62. The average Bonchev–Trinajstić information content (AvgIpc) is 2.49. The van der Waals surface area contributed by atoms with Crippen LogP contribution >= 0.6 is 0 Å². The number of nitrogens with zero attached hydrogens (tertiary/aromatic N) is 1. The fraction of sp³-hybridized carbons (Fsp3) is 0.500. The summed E-state index contributed by atoms with van der Waals surface area (Å²) in [6.45, 7) is 2.33. The molecule has 0 spiro atoms. The van der Waals surface area contributed by atoms with Gasteiger partial charge in [0, 0.05) is 13.6 Å². The van der Waals surface area contributed by atoms with E-state index in [1.807, 2.05) is 0 Å². The minimum atomic E-state index is -0.399. The van der Waals surface area contributed by atoms with Crippen LogP contribution in [0.4, 0.5) is 4.39 Å². The molecule has 0 saturated carbocycles. The Bertz CT molecular complexity index is 450. The largest absolute Gasteiger partial charge is 0.489 e. The number of halogens is 1. The Morgan fingerprint density at radius 3 is 3.05 bits per heavy atom. The summed E-state index contributed by atoms with van der Waals surface area (Å²) < 4.78 is 23.9. The third kappa shape index (κ3) is 3.91. The van der Waals surface area contributed by atoms with Gasteiger partial charge in [-0.1, -0.05) is 12.1 Å². The van der Waals surface area contributed by atoms with E-state index in [1.165, 1.54) is 6.07 Å². The summed E-state index contributed by atoms with van der Waals surface area (Å²) in [6, 6.07) is 5.91. The second-order valence-corrected chi connectivity index (χ2v) is 4.62. The SMILES string of the molecule is CN(CCOc1ccccc1F)C(=O)[C@@H]1COCCN1.